The molecular weight excluding hydrogens is 378 g/mol. The summed E-state index contributed by atoms with van der Waals surface area (Å²) in [5.41, 5.74) is 2.74. The lowest BCUT2D eigenvalue weighted by Crippen LogP contribution is -2.27. The molecule has 150 valence electrons. The summed E-state index contributed by atoms with van der Waals surface area (Å²) in [5, 5.41) is 4.02. The summed E-state index contributed by atoms with van der Waals surface area (Å²) in [6.07, 6.45) is 0. The van der Waals surface area contributed by atoms with E-state index >= 15 is 0 Å². The molecule has 8 heteroatoms. The number of carbonyl (C=O) groups is 1. The van der Waals surface area contributed by atoms with Gasteiger partial charge in [-0.15, -0.1) is 0 Å². The fourth-order valence-corrected chi connectivity index (χ4v) is 3.49. The summed E-state index contributed by atoms with van der Waals surface area (Å²) in [6, 6.07) is 12.1. The van der Waals surface area contributed by atoms with Crippen LogP contribution in [0.15, 0.2) is 52.5 Å². The molecule has 2 aromatic carbocycles. The minimum absolute atomic E-state index is 0.0466. The van der Waals surface area contributed by atoms with Crippen molar-refractivity contribution in [2.75, 3.05) is 20.7 Å². The minimum atomic E-state index is -3.76. The first-order chi connectivity index (χ1) is 13.1. The first-order valence-electron chi connectivity index (χ1n) is 8.67. The molecular formula is C20H25N3O4S. The van der Waals surface area contributed by atoms with Gasteiger partial charge >= 0.3 is 0 Å². The quantitative estimate of drug-likeness (QED) is 0.568. The van der Waals surface area contributed by atoms with E-state index in [0.29, 0.717) is 17.0 Å². The maximum atomic E-state index is 12.5. The van der Waals surface area contributed by atoms with E-state index in [1.54, 1.807) is 64.3 Å². The van der Waals surface area contributed by atoms with Crippen LogP contribution in [0.4, 0.5) is 0 Å². The fraction of sp³-hybridized carbons (Fsp3) is 0.300. The monoisotopic (exact) mass is 403 g/mol. The van der Waals surface area contributed by atoms with E-state index in [1.807, 2.05) is 13.0 Å². The van der Waals surface area contributed by atoms with Crippen LogP contribution in [0.1, 0.15) is 23.6 Å². The Kier molecular flexibility index (Phi) is 6.80. The Labute approximate surface area is 166 Å². The molecule has 0 heterocycles. The molecule has 1 N–H and O–H groups in total. The molecule has 1 amide bonds. The van der Waals surface area contributed by atoms with E-state index in [9.17, 15) is 13.2 Å². The third kappa shape index (κ3) is 5.56. The highest BCUT2D eigenvalue weighted by Gasteiger charge is 2.16. The zero-order valence-corrected chi connectivity index (χ0v) is 17.5. The van der Waals surface area contributed by atoms with Gasteiger partial charge in [-0.2, -0.15) is 18.4 Å². The molecule has 0 aliphatic rings. The van der Waals surface area contributed by atoms with Crippen LogP contribution in [0.2, 0.25) is 0 Å². The molecule has 2 aromatic rings. The van der Waals surface area contributed by atoms with Crippen LogP contribution < -0.4 is 9.57 Å². The molecule has 0 saturated carbocycles. The highest BCUT2D eigenvalue weighted by atomic mass is 32.2. The number of hydrazone groups is 1. The molecule has 28 heavy (non-hydrogen) atoms. The number of hydrogen-bond acceptors (Lipinski definition) is 5. The molecule has 0 radical (unpaired) electrons. The van der Waals surface area contributed by atoms with Crippen molar-refractivity contribution in [3.05, 3.63) is 59.2 Å². The van der Waals surface area contributed by atoms with Crippen molar-refractivity contribution < 1.29 is 17.9 Å². The summed E-state index contributed by atoms with van der Waals surface area (Å²) in [5.74, 6) is 0.408. The molecule has 0 saturated heterocycles. The van der Waals surface area contributed by atoms with Crippen molar-refractivity contribution in [1.29, 1.82) is 0 Å². The molecule has 0 unspecified atom stereocenters. The number of rotatable bonds is 7. The standard InChI is InChI=1S/C20H25N3O4S/c1-14-6-7-15(2)19(12-14)28(25,26)22-21-16(3)17-8-10-18(11-9-17)27-13-20(24)23(4)5/h6-12,22H,13H2,1-5H3/b21-16-. The Hall–Kier alpha value is -2.87. The van der Waals surface area contributed by atoms with Gasteiger partial charge in [0, 0.05) is 14.1 Å². The predicted molar refractivity (Wildman–Crippen MR) is 109 cm³/mol. The van der Waals surface area contributed by atoms with Crippen LogP contribution in [0.5, 0.6) is 5.75 Å². The lowest BCUT2D eigenvalue weighted by atomic mass is 10.1. The van der Waals surface area contributed by atoms with E-state index in [2.05, 4.69) is 9.93 Å². The molecule has 0 aliphatic carbocycles. The molecule has 0 spiro atoms. The maximum absolute atomic E-state index is 12.5. The minimum Gasteiger partial charge on any atom is -0.484 e. The number of benzene rings is 2. The number of hydrogen-bond donors (Lipinski definition) is 1. The van der Waals surface area contributed by atoms with Gasteiger partial charge in [-0.05, 0) is 67.8 Å². The number of carbonyl (C=O) groups excluding carboxylic acids is 1. The normalized spacial score (nSPS) is 11.8. The zero-order chi connectivity index (χ0) is 20.9. The highest BCUT2D eigenvalue weighted by molar-refractivity contribution is 7.89. The highest BCUT2D eigenvalue weighted by Crippen LogP contribution is 2.17. The van der Waals surface area contributed by atoms with Crippen LogP contribution in [-0.2, 0) is 14.8 Å². The average Bonchev–Trinajstić information content (AvgIpc) is 2.66. The largest absolute Gasteiger partial charge is 0.484 e. The van der Waals surface area contributed by atoms with Crippen molar-refractivity contribution in [2.45, 2.75) is 25.7 Å². The Bertz CT molecular complexity index is 981. The van der Waals surface area contributed by atoms with E-state index in [1.165, 1.54) is 4.90 Å². The van der Waals surface area contributed by atoms with Gasteiger partial charge in [0.1, 0.15) is 5.75 Å². The maximum Gasteiger partial charge on any atom is 0.276 e. The smallest absolute Gasteiger partial charge is 0.276 e. The molecule has 2 rings (SSSR count). The third-order valence-electron chi connectivity index (χ3n) is 4.10. The van der Waals surface area contributed by atoms with Crippen LogP contribution in [0.3, 0.4) is 0 Å². The second kappa shape index (κ2) is 8.88. The molecule has 0 atom stereocenters. The van der Waals surface area contributed by atoms with Crippen molar-refractivity contribution in [3.63, 3.8) is 0 Å². The fourth-order valence-electron chi connectivity index (χ4n) is 2.31. The van der Waals surface area contributed by atoms with Gasteiger partial charge in [0.25, 0.3) is 15.9 Å². The number of amides is 1. The van der Waals surface area contributed by atoms with Gasteiger partial charge in [0.05, 0.1) is 10.6 Å². The number of ether oxygens (including phenoxy) is 1. The van der Waals surface area contributed by atoms with E-state index in [-0.39, 0.29) is 17.4 Å². The predicted octanol–water partition coefficient (Wildman–Crippen LogP) is 2.47. The molecule has 7 nitrogen and oxygen atoms in total. The second-order valence-corrected chi connectivity index (χ2v) is 8.29. The molecule has 0 aromatic heterocycles. The summed E-state index contributed by atoms with van der Waals surface area (Å²) in [4.78, 5) is 15.5. The number of likely N-dealkylation sites (N-methyl/N-ethyl adjacent to an activating group) is 1. The number of aryl methyl sites for hydroxylation is 2. The van der Waals surface area contributed by atoms with Crippen LogP contribution in [0.25, 0.3) is 0 Å². The Balaban J connectivity index is 2.08. The first kappa shape index (κ1) is 21.4. The van der Waals surface area contributed by atoms with Crippen molar-refractivity contribution in [2.24, 2.45) is 5.10 Å². The van der Waals surface area contributed by atoms with Crippen molar-refractivity contribution in [1.82, 2.24) is 9.73 Å². The summed E-state index contributed by atoms with van der Waals surface area (Å²) in [6.45, 7) is 5.24. The van der Waals surface area contributed by atoms with Gasteiger partial charge in [-0.25, -0.2) is 0 Å². The number of nitrogens with zero attached hydrogens (tertiary/aromatic N) is 2. The first-order valence-corrected chi connectivity index (χ1v) is 10.1. The van der Waals surface area contributed by atoms with E-state index < -0.39 is 10.0 Å². The van der Waals surface area contributed by atoms with Gasteiger partial charge in [0.2, 0.25) is 0 Å². The number of sulfonamides is 1. The summed E-state index contributed by atoms with van der Waals surface area (Å²) < 4.78 is 30.5. The molecule has 0 bridgehead atoms. The second-order valence-electron chi connectivity index (χ2n) is 6.66. The molecule has 0 aliphatic heterocycles. The summed E-state index contributed by atoms with van der Waals surface area (Å²) >= 11 is 0. The Morgan fingerprint density at radius 2 is 1.75 bits per heavy atom. The van der Waals surface area contributed by atoms with Crippen LogP contribution in [0, 0.1) is 13.8 Å². The van der Waals surface area contributed by atoms with Crippen LogP contribution in [-0.4, -0.2) is 45.6 Å². The lowest BCUT2D eigenvalue weighted by molar-refractivity contribution is -0.130. The Morgan fingerprint density at radius 1 is 1.11 bits per heavy atom. The van der Waals surface area contributed by atoms with E-state index in [0.717, 1.165) is 11.1 Å². The van der Waals surface area contributed by atoms with Crippen molar-refractivity contribution in [3.8, 4) is 5.75 Å². The van der Waals surface area contributed by atoms with Crippen molar-refractivity contribution >= 4 is 21.6 Å². The SMILES string of the molecule is C/C(=N/NS(=O)(=O)c1cc(C)ccc1C)c1ccc(OCC(=O)N(C)C)cc1. The lowest BCUT2D eigenvalue weighted by Gasteiger charge is -2.11. The van der Waals surface area contributed by atoms with Gasteiger partial charge in [-0.3, -0.25) is 4.79 Å². The molecule has 0 fully saturated rings. The topological polar surface area (TPSA) is 88.1 Å². The van der Waals surface area contributed by atoms with Gasteiger partial charge in [0.15, 0.2) is 6.61 Å². The van der Waals surface area contributed by atoms with Gasteiger partial charge in [-0.1, -0.05) is 12.1 Å². The average molecular weight is 404 g/mol. The third-order valence-corrected chi connectivity index (χ3v) is 5.45. The Morgan fingerprint density at radius 3 is 2.36 bits per heavy atom. The zero-order valence-electron chi connectivity index (χ0n) is 16.7. The van der Waals surface area contributed by atoms with E-state index in [4.69, 9.17) is 4.74 Å². The van der Waals surface area contributed by atoms with Gasteiger partial charge < -0.3 is 9.64 Å². The number of nitrogens with one attached hydrogen (secondary N) is 1. The summed E-state index contributed by atoms with van der Waals surface area (Å²) in [7, 11) is -0.434. The van der Waals surface area contributed by atoms with Crippen LogP contribution >= 0.6 is 0 Å².